The number of nitrogens with one attached hydrogen (secondary N) is 2. The highest BCUT2D eigenvalue weighted by atomic mass is 16.5. The van der Waals surface area contributed by atoms with Gasteiger partial charge in [-0.3, -0.25) is 9.36 Å². The maximum Gasteiger partial charge on any atom is 0.283 e. The molecule has 1 aromatic carbocycles. The van der Waals surface area contributed by atoms with Crippen molar-refractivity contribution in [3.05, 3.63) is 42.5 Å². The Kier molecular flexibility index (Phi) is 9.35. The van der Waals surface area contributed by atoms with Gasteiger partial charge in [-0.05, 0) is 24.1 Å². The molecule has 3 heterocycles. The van der Waals surface area contributed by atoms with Crippen molar-refractivity contribution in [3.8, 4) is 5.75 Å². The van der Waals surface area contributed by atoms with E-state index in [0.717, 1.165) is 5.56 Å². The topological polar surface area (TPSA) is 164 Å². The molecule has 1 aliphatic heterocycles. The van der Waals surface area contributed by atoms with Gasteiger partial charge in [-0.2, -0.15) is 0 Å². The van der Waals surface area contributed by atoms with E-state index in [0.29, 0.717) is 22.7 Å². The Labute approximate surface area is 233 Å². The lowest BCUT2D eigenvalue weighted by atomic mass is 9.79. The lowest BCUT2D eigenvalue weighted by Crippen LogP contribution is -2.56. The van der Waals surface area contributed by atoms with E-state index in [4.69, 9.17) is 9.47 Å². The predicted octanol–water partition coefficient (Wildman–Crippen LogP) is -0.629. The molecule has 1 saturated heterocycles. The molecule has 14 heteroatoms. The molecule has 1 amide bonds. The molecule has 0 spiro atoms. The van der Waals surface area contributed by atoms with Crippen LogP contribution in [-0.4, -0.2) is 101 Å². The lowest BCUT2D eigenvalue weighted by molar-refractivity contribution is -0.124. The van der Waals surface area contributed by atoms with Crippen LogP contribution in [0, 0.1) is 5.92 Å². The number of nitrogens with zero attached hydrogens (tertiary/aromatic N) is 5. The molecule has 3 aromatic rings. The molecule has 0 radical (unpaired) electrons. The third-order valence-corrected chi connectivity index (χ3v) is 6.98. The van der Waals surface area contributed by atoms with Gasteiger partial charge in [0, 0.05) is 20.0 Å². The third-order valence-electron chi connectivity index (χ3n) is 6.98. The highest BCUT2D eigenvalue weighted by Gasteiger charge is 2.46. The number of carbonyl (C=O) groups is 2. The van der Waals surface area contributed by atoms with Crippen molar-refractivity contribution in [1.82, 2.24) is 30.1 Å². The SMILES string of the molecule is COc1ccc(CC(NBC(=O)C(C)C)C(=O)NC2C(O)[C@@H](n3cnc4c(N(C)C)ncnc43)O[C@H]2CO)cc1. The zero-order valence-electron chi connectivity index (χ0n) is 23.3. The fourth-order valence-electron chi connectivity index (χ4n) is 4.61. The number of aliphatic hydroxyl groups is 2. The monoisotopic (exact) mass is 553 g/mol. The summed E-state index contributed by atoms with van der Waals surface area (Å²) in [6.07, 6.45) is 0.0887. The van der Waals surface area contributed by atoms with Gasteiger partial charge in [0.05, 0.1) is 32.1 Å². The van der Waals surface area contributed by atoms with Crippen LogP contribution in [0.4, 0.5) is 5.82 Å². The number of ether oxygens (including phenoxy) is 2. The van der Waals surface area contributed by atoms with E-state index in [1.54, 1.807) is 42.6 Å². The summed E-state index contributed by atoms with van der Waals surface area (Å²) in [5.41, 5.74) is 1.79. The molecule has 1 fully saturated rings. The lowest BCUT2D eigenvalue weighted by Gasteiger charge is -2.25. The van der Waals surface area contributed by atoms with E-state index in [-0.39, 0.29) is 25.4 Å². The fourth-order valence-corrected chi connectivity index (χ4v) is 4.61. The molecule has 5 atom stereocenters. The largest absolute Gasteiger partial charge is 0.497 e. The van der Waals surface area contributed by atoms with Crippen molar-refractivity contribution in [3.63, 3.8) is 0 Å². The Morgan fingerprint density at radius 1 is 1.20 bits per heavy atom. The number of rotatable bonds is 12. The van der Waals surface area contributed by atoms with Crippen LogP contribution in [-0.2, 0) is 20.7 Å². The number of benzene rings is 1. The molecule has 3 unspecified atom stereocenters. The van der Waals surface area contributed by atoms with Crippen LogP contribution in [0.5, 0.6) is 5.75 Å². The van der Waals surface area contributed by atoms with Crippen molar-refractivity contribution >= 4 is 36.0 Å². The Hall–Kier alpha value is -3.59. The molecule has 4 rings (SSSR count). The normalized spacial score (nSPS) is 21.4. The minimum absolute atomic E-state index is 0.0105. The predicted molar refractivity (Wildman–Crippen MR) is 149 cm³/mol. The highest BCUT2D eigenvalue weighted by Crippen LogP contribution is 2.32. The number of carbonyl (C=O) groups excluding carboxylic acids is 2. The molecule has 13 nitrogen and oxygen atoms in total. The summed E-state index contributed by atoms with van der Waals surface area (Å²) in [6.45, 7) is 3.16. The van der Waals surface area contributed by atoms with Gasteiger partial charge in [0.15, 0.2) is 23.2 Å². The maximum atomic E-state index is 13.5. The summed E-state index contributed by atoms with van der Waals surface area (Å²) in [7, 11) is 5.25. The summed E-state index contributed by atoms with van der Waals surface area (Å²) in [5, 5.41) is 27.3. The molecule has 1 aliphatic rings. The van der Waals surface area contributed by atoms with E-state index >= 15 is 0 Å². The minimum atomic E-state index is -1.23. The van der Waals surface area contributed by atoms with Crippen LogP contribution in [0.3, 0.4) is 0 Å². The van der Waals surface area contributed by atoms with Crippen LogP contribution in [0.15, 0.2) is 36.9 Å². The van der Waals surface area contributed by atoms with Crippen LogP contribution < -0.4 is 20.2 Å². The summed E-state index contributed by atoms with van der Waals surface area (Å²) >= 11 is 0. The minimum Gasteiger partial charge on any atom is -0.497 e. The van der Waals surface area contributed by atoms with Gasteiger partial charge in [0.2, 0.25) is 5.91 Å². The van der Waals surface area contributed by atoms with Crippen LogP contribution in [0.1, 0.15) is 25.6 Å². The second-order valence-corrected chi connectivity index (χ2v) is 10.3. The maximum absolute atomic E-state index is 13.5. The average Bonchev–Trinajstić information content (AvgIpc) is 3.51. The zero-order valence-corrected chi connectivity index (χ0v) is 23.3. The van der Waals surface area contributed by atoms with E-state index in [2.05, 4.69) is 25.5 Å². The molecule has 0 bridgehead atoms. The summed E-state index contributed by atoms with van der Waals surface area (Å²) < 4.78 is 12.8. The highest BCUT2D eigenvalue weighted by molar-refractivity contribution is 6.72. The average molecular weight is 553 g/mol. The summed E-state index contributed by atoms with van der Waals surface area (Å²) in [5.74, 6) is 0.657. The quantitative estimate of drug-likeness (QED) is 0.211. The number of methoxy groups -OCH3 is 1. The first-order valence-corrected chi connectivity index (χ1v) is 13.1. The molecule has 214 valence electrons. The molecule has 40 heavy (non-hydrogen) atoms. The summed E-state index contributed by atoms with van der Waals surface area (Å²) in [6, 6.07) is 5.57. The molecule has 0 saturated carbocycles. The van der Waals surface area contributed by atoms with Crippen molar-refractivity contribution in [2.45, 2.75) is 50.8 Å². The second kappa shape index (κ2) is 12.7. The van der Waals surface area contributed by atoms with Gasteiger partial charge < -0.3 is 39.9 Å². The number of amides is 1. The van der Waals surface area contributed by atoms with Crippen LogP contribution >= 0.6 is 0 Å². The van der Waals surface area contributed by atoms with Crippen LogP contribution in [0.25, 0.3) is 11.2 Å². The first-order chi connectivity index (χ1) is 19.1. The molecule has 2 aromatic heterocycles. The van der Waals surface area contributed by atoms with Gasteiger partial charge in [-0.25, -0.2) is 15.0 Å². The van der Waals surface area contributed by atoms with E-state index in [9.17, 15) is 19.8 Å². The van der Waals surface area contributed by atoms with E-state index in [1.807, 2.05) is 26.2 Å². The van der Waals surface area contributed by atoms with E-state index in [1.165, 1.54) is 12.7 Å². The van der Waals surface area contributed by atoms with Gasteiger partial charge in [0.1, 0.15) is 30.0 Å². The number of hydrogen-bond donors (Lipinski definition) is 4. The van der Waals surface area contributed by atoms with Gasteiger partial charge >= 0.3 is 0 Å². The van der Waals surface area contributed by atoms with Crippen LogP contribution in [0.2, 0.25) is 0 Å². The standard InChI is InChI=1S/C26H36BN7O6/c1-14(2)22(37)27-32-17(10-15-6-8-16(39-5)9-7-15)25(38)31-19-18(11-35)40-26(21(19)36)34-13-30-20-23(33(3)4)28-12-29-24(20)34/h6-9,12-14,17-19,21,26-27,32,35-36H,10-11H2,1-5H3,(H,31,38)/t17?,18-,19?,21?,26-/m0/s1. The molecular formula is C26H36BN7O6. The molecular weight excluding hydrogens is 517 g/mol. The summed E-state index contributed by atoms with van der Waals surface area (Å²) in [4.78, 5) is 40.6. The third kappa shape index (κ3) is 6.25. The Morgan fingerprint density at radius 2 is 1.93 bits per heavy atom. The number of anilines is 1. The number of aliphatic hydroxyl groups excluding tert-OH is 2. The van der Waals surface area contributed by atoms with Gasteiger partial charge in [0.25, 0.3) is 7.41 Å². The van der Waals surface area contributed by atoms with E-state index < -0.39 is 43.0 Å². The zero-order chi connectivity index (χ0) is 29.0. The Morgan fingerprint density at radius 3 is 2.55 bits per heavy atom. The van der Waals surface area contributed by atoms with Crippen molar-refractivity contribution < 1.29 is 29.3 Å². The first kappa shape index (κ1) is 29.4. The number of fused-ring (bicyclic) bond motifs is 1. The number of aromatic nitrogens is 4. The second-order valence-electron chi connectivity index (χ2n) is 10.3. The van der Waals surface area contributed by atoms with Gasteiger partial charge in [-0.15, -0.1) is 0 Å². The fraction of sp³-hybridized carbons (Fsp3) is 0.500. The van der Waals surface area contributed by atoms with Crippen molar-refractivity contribution in [2.24, 2.45) is 5.92 Å². The molecule has 4 N–H and O–H groups in total. The Balaban J connectivity index is 1.54. The molecule has 0 aliphatic carbocycles. The van der Waals surface area contributed by atoms with Crippen molar-refractivity contribution in [1.29, 1.82) is 0 Å². The Bertz CT molecular complexity index is 1320. The number of hydrogen-bond acceptors (Lipinski definition) is 11. The van der Waals surface area contributed by atoms with Crippen molar-refractivity contribution in [2.75, 3.05) is 32.7 Å². The number of imidazole rings is 1. The van der Waals surface area contributed by atoms with Gasteiger partial charge in [-0.1, -0.05) is 26.0 Å². The smallest absolute Gasteiger partial charge is 0.283 e. The first-order valence-electron chi connectivity index (χ1n) is 13.1.